The highest BCUT2D eigenvalue weighted by molar-refractivity contribution is 8.00. The van der Waals surface area contributed by atoms with Crippen LogP contribution in [-0.2, 0) is 14.2 Å². The lowest BCUT2D eigenvalue weighted by atomic mass is 10.1. The van der Waals surface area contributed by atoms with Crippen molar-refractivity contribution in [3.05, 3.63) is 45.5 Å². The van der Waals surface area contributed by atoms with Crippen LogP contribution in [0.1, 0.15) is 12.6 Å². The first kappa shape index (κ1) is 24.9. The Morgan fingerprint density at radius 1 is 1.38 bits per heavy atom. The number of aliphatic hydroxyl groups excluding tert-OH is 1. The molecule has 1 aliphatic heterocycles. The molecule has 1 aliphatic rings. The highest BCUT2D eigenvalue weighted by Crippen LogP contribution is 2.41. The van der Waals surface area contributed by atoms with E-state index in [-0.39, 0.29) is 5.69 Å². The fourth-order valence-corrected chi connectivity index (χ4v) is 5.68. The number of halogens is 2. The minimum absolute atomic E-state index is 0.188. The average Bonchev–Trinajstić information content (AvgIpc) is 3.47. The van der Waals surface area contributed by atoms with Crippen molar-refractivity contribution in [2.45, 2.75) is 35.6 Å². The number of methoxy groups -OCH3 is 2. The first-order valence-electron chi connectivity index (χ1n) is 9.77. The Hall–Kier alpha value is -2.24. The standard InChI is InChI=1S/C20H18Cl2N6O4S2/c1-9(29)16-17(30-2)15(28-7-12(26-27-28)19-25-14(22)8-33-19)18(31-3)20(32-16)34-13-4-10(21)6-24-11(13)5-23/h4,6-9,16,18,20,29H,1-3H3/t9?,16?,18?,20-/m1/s1. The molecular weight excluding hydrogens is 523 g/mol. The highest BCUT2D eigenvalue weighted by atomic mass is 35.5. The van der Waals surface area contributed by atoms with Gasteiger partial charge in [0.05, 0.1) is 24.4 Å². The molecule has 0 spiro atoms. The van der Waals surface area contributed by atoms with Crippen LogP contribution in [0.15, 0.2) is 34.5 Å². The summed E-state index contributed by atoms with van der Waals surface area (Å²) >= 11 is 14.6. The highest BCUT2D eigenvalue weighted by Gasteiger charge is 2.43. The monoisotopic (exact) mass is 540 g/mol. The lowest BCUT2D eigenvalue weighted by Crippen LogP contribution is -2.45. The van der Waals surface area contributed by atoms with Gasteiger partial charge in [-0.05, 0) is 13.0 Å². The predicted octanol–water partition coefficient (Wildman–Crippen LogP) is 3.70. The van der Waals surface area contributed by atoms with Gasteiger partial charge in [-0.15, -0.1) is 16.4 Å². The molecule has 4 atom stereocenters. The van der Waals surface area contributed by atoms with Crippen LogP contribution in [-0.4, -0.2) is 68.0 Å². The van der Waals surface area contributed by atoms with Crippen LogP contribution >= 0.6 is 46.3 Å². The maximum Gasteiger partial charge on any atom is 0.154 e. The number of thiazole rings is 1. The molecule has 14 heteroatoms. The summed E-state index contributed by atoms with van der Waals surface area (Å²) in [4.78, 5) is 8.81. The van der Waals surface area contributed by atoms with Crippen molar-refractivity contribution in [3.63, 3.8) is 0 Å². The van der Waals surface area contributed by atoms with E-state index >= 15 is 0 Å². The average molecular weight is 541 g/mol. The minimum Gasteiger partial charge on any atom is -0.496 e. The van der Waals surface area contributed by atoms with Crippen LogP contribution in [0.4, 0.5) is 0 Å². The Morgan fingerprint density at radius 2 is 2.18 bits per heavy atom. The molecule has 0 saturated carbocycles. The number of nitrogens with zero attached hydrogens (tertiary/aromatic N) is 6. The molecule has 3 aromatic rings. The van der Waals surface area contributed by atoms with Crippen LogP contribution in [0.5, 0.6) is 0 Å². The number of hydrogen-bond donors (Lipinski definition) is 1. The molecule has 3 aromatic heterocycles. The van der Waals surface area contributed by atoms with Gasteiger partial charge in [0.2, 0.25) is 0 Å². The molecule has 0 saturated heterocycles. The van der Waals surface area contributed by atoms with Crippen LogP contribution < -0.4 is 0 Å². The number of aromatic nitrogens is 5. The number of rotatable bonds is 7. The maximum absolute atomic E-state index is 10.5. The van der Waals surface area contributed by atoms with E-state index in [1.54, 1.807) is 24.6 Å². The van der Waals surface area contributed by atoms with Crippen molar-refractivity contribution in [3.8, 4) is 16.8 Å². The van der Waals surface area contributed by atoms with Gasteiger partial charge >= 0.3 is 0 Å². The maximum atomic E-state index is 10.5. The molecule has 0 fully saturated rings. The third-order valence-electron chi connectivity index (χ3n) is 4.82. The zero-order valence-electron chi connectivity index (χ0n) is 18.0. The van der Waals surface area contributed by atoms with Crippen LogP contribution in [0.2, 0.25) is 10.2 Å². The Morgan fingerprint density at radius 3 is 2.79 bits per heavy atom. The summed E-state index contributed by atoms with van der Waals surface area (Å²) in [6.07, 6.45) is 0.565. The van der Waals surface area contributed by atoms with Gasteiger partial charge in [0.25, 0.3) is 0 Å². The molecule has 34 heavy (non-hydrogen) atoms. The molecule has 0 bridgehead atoms. The van der Waals surface area contributed by atoms with Crippen molar-refractivity contribution in [2.75, 3.05) is 14.2 Å². The molecule has 3 unspecified atom stereocenters. The topological polar surface area (TPSA) is 128 Å². The van der Waals surface area contributed by atoms with Gasteiger partial charge in [0.1, 0.15) is 45.3 Å². The third-order valence-corrected chi connectivity index (χ3v) is 7.37. The van der Waals surface area contributed by atoms with Gasteiger partial charge in [-0.25, -0.2) is 14.6 Å². The van der Waals surface area contributed by atoms with Gasteiger partial charge in [-0.1, -0.05) is 40.2 Å². The zero-order chi connectivity index (χ0) is 24.4. The molecule has 0 aliphatic carbocycles. The Balaban J connectivity index is 1.79. The summed E-state index contributed by atoms with van der Waals surface area (Å²) in [6, 6.07) is 3.67. The SMILES string of the molecule is COC1=C(n2cc(-c3nc(Cl)cs3)nn2)C(OC)[C@@H](Sc2cc(Cl)cnc2C#N)OC1C(C)O. The van der Waals surface area contributed by atoms with Gasteiger partial charge in [0, 0.05) is 23.6 Å². The number of nitriles is 1. The number of hydrogen-bond acceptors (Lipinski definition) is 11. The lowest BCUT2D eigenvalue weighted by molar-refractivity contribution is -0.0883. The Bertz CT molecular complexity index is 1260. The van der Waals surface area contributed by atoms with Crippen LogP contribution in [0.3, 0.4) is 0 Å². The molecule has 1 N–H and O–H groups in total. The summed E-state index contributed by atoms with van der Waals surface area (Å²) in [6.45, 7) is 1.59. The molecule has 178 valence electrons. The number of thioether (sulfide) groups is 1. The summed E-state index contributed by atoms with van der Waals surface area (Å²) in [5, 5.41) is 31.4. The Labute approximate surface area is 213 Å². The molecule has 0 aromatic carbocycles. The summed E-state index contributed by atoms with van der Waals surface area (Å²) in [5.74, 6) is 0.331. The van der Waals surface area contributed by atoms with Crippen molar-refractivity contribution in [1.82, 2.24) is 25.0 Å². The van der Waals surface area contributed by atoms with Crippen molar-refractivity contribution in [1.29, 1.82) is 5.26 Å². The largest absolute Gasteiger partial charge is 0.496 e. The van der Waals surface area contributed by atoms with Gasteiger partial charge in [0.15, 0.2) is 11.5 Å². The summed E-state index contributed by atoms with van der Waals surface area (Å²) in [7, 11) is 2.98. The fraction of sp³-hybridized carbons (Fsp3) is 0.350. The minimum atomic E-state index is -0.931. The summed E-state index contributed by atoms with van der Waals surface area (Å²) < 4.78 is 19.1. The van der Waals surface area contributed by atoms with E-state index in [2.05, 4.69) is 20.3 Å². The Kier molecular flexibility index (Phi) is 7.73. The first-order chi connectivity index (χ1) is 16.4. The molecule has 0 amide bonds. The van der Waals surface area contributed by atoms with Gasteiger partial charge in [-0.2, -0.15) is 5.26 Å². The fourth-order valence-electron chi connectivity index (χ4n) is 3.37. The second-order valence-electron chi connectivity index (χ2n) is 7.03. The van der Waals surface area contributed by atoms with Crippen molar-refractivity contribution >= 4 is 52.0 Å². The van der Waals surface area contributed by atoms with E-state index in [0.29, 0.717) is 37.2 Å². The molecular formula is C20H18Cl2N6O4S2. The van der Waals surface area contributed by atoms with E-state index in [1.165, 1.54) is 48.2 Å². The van der Waals surface area contributed by atoms with Gasteiger partial charge < -0.3 is 19.3 Å². The number of aliphatic hydroxyl groups is 1. The molecule has 4 rings (SSSR count). The predicted molar refractivity (Wildman–Crippen MR) is 127 cm³/mol. The van der Waals surface area contributed by atoms with Crippen LogP contribution in [0.25, 0.3) is 16.4 Å². The third kappa shape index (κ3) is 4.92. The van der Waals surface area contributed by atoms with E-state index in [1.807, 2.05) is 6.07 Å². The molecule has 0 radical (unpaired) electrons. The van der Waals surface area contributed by atoms with E-state index in [9.17, 15) is 10.4 Å². The normalized spacial score (nSPS) is 21.4. The number of pyridine rings is 1. The van der Waals surface area contributed by atoms with E-state index < -0.39 is 23.7 Å². The smallest absolute Gasteiger partial charge is 0.154 e. The molecule has 10 nitrogen and oxygen atoms in total. The van der Waals surface area contributed by atoms with Crippen LogP contribution in [0, 0.1) is 11.3 Å². The summed E-state index contributed by atoms with van der Waals surface area (Å²) in [5.41, 5.74) is 0.459. The second kappa shape index (κ2) is 10.6. The van der Waals surface area contributed by atoms with Gasteiger partial charge in [-0.3, -0.25) is 0 Å². The second-order valence-corrected chi connectivity index (χ2v) is 9.85. The van der Waals surface area contributed by atoms with Crippen molar-refractivity contribution in [2.24, 2.45) is 0 Å². The van der Waals surface area contributed by atoms with Crippen molar-refractivity contribution < 1.29 is 19.3 Å². The quantitative estimate of drug-likeness (QED) is 0.473. The van der Waals surface area contributed by atoms with E-state index in [0.717, 1.165) is 0 Å². The lowest BCUT2D eigenvalue weighted by Gasteiger charge is -2.38. The van der Waals surface area contributed by atoms with E-state index in [4.69, 9.17) is 37.4 Å². The number of ether oxygens (including phenoxy) is 3. The zero-order valence-corrected chi connectivity index (χ0v) is 21.2. The first-order valence-corrected chi connectivity index (χ1v) is 12.3. The molecule has 4 heterocycles.